The van der Waals surface area contributed by atoms with Gasteiger partial charge < -0.3 is 9.47 Å². The molecule has 0 heterocycles. The summed E-state index contributed by atoms with van der Waals surface area (Å²) in [6, 6.07) is 12.2. The van der Waals surface area contributed by atoms with Gasteiger partial charge in [0.25, 0.3) is 0 Å². The maximum Gasteiger partial charge on any atom is 0.126 e. The van der Waals surface area contributed by atoms with Crippen LogP contribution in [0, 0.1) is 0 Å². The topological polar surface area (TPSA) is 18.5 Å². The SMILES string of the molecule is CCCCOc1ccc2cccc(OC)c2c1. The fourth-order valence-electron chi connectivity index (χ4n) is 1.83. The molecule has 2 aromatic carbocycles. The third-order valence-electron chi connectivity index (χ3n) is 2.80. The number of fused-ring (bicyclic) bond motifs is 1. The van der Waals surface area contributed by atoms with Crippen molar-refractivity contribution < 1.29 is 9.47 Å². The molecule has 0 spiro atoms. The molecule has 2 nitrogen and oxygen atoms in total. The summed E-state index contributed by atoms with van der Waals surface area (Å²) >= 11 is 0. The standard InChI is InChI=1S/C15H18O2/c1-3-4-10-17-13-9-8-12-6-5-7-15(16-2)14(12)11-13/h5-9,11H,3-4,10H2,1-2H3. The molecule has 2 heteroatoms. The van der Waals surface area contributed by atoms with Gasteiger partial charge in [0, 0.05) is 5.39 Å². The zero-order chi connectivity index (χ0) is 12.1. The number of hydrogen-bond acceptors (Lipinski definition) is 2. The van der Waals surface area contributed by atoms with Crippen molar-refractivity contribution in [3.8, 4) is 11.5 Å². The van der Waals surface area contributed by atoms with E-state index in [0.29, 0.717) is 0 Å². The molecular formula is C15H18O2. The van der Waals surface area contributed by atoms with E-state index < -0.39 is 0 Å². The van der Waals surface area contributed by atoms with E-state index in [1.54, 1.807) is 7.11 Å². The second-order valence-corrected chi connectivity index (χ2v) is 4.05. The number of hydrogen-bond donors (Lipinski definition) is 0. The number of unbranched alkanes of at least 4 members (excludes halogenated alkanes) is 1. The molecule has 0 aliphatic rings. The Bertz CT molecular complexity index is 491. The predicted molar refractivity (Wildman–Crippen MR) is 70.9 cm³/mol. The van der Waals surface area contributed by atoms with Gasteiger partial charge in [-0.25, -0.2) is 0 Å². The minimum Gasteiger partial charge on any atom is -0.496 e. The fraction of sp³-hybridized carbons (Fsp3) is 0.333. The zero-order valence-electron chi connectivity index (χ0n) is 10.4. The summed E-state index contributed by atoms with van der Waals surface area (Å²) < 4.78 is 11.1. The highest BCUT2D eigenvalue weighted by molar-refractivity contribution is 5.89. The molecule has 0 unspecified atom stereocenters. The molecule has 0 bridgehead atoms. The predicted octanol–water partition coefficient (Wildman–Crippen LogP) is 4.03. The number of rotatable bonds is 5. The second kappa shape index (κ2) is 5.58. The maximum absolute atomic E-state index is 5.70. The van der Waals surface area contributed by atoms with Crippen molar-refractivity contribution in [2.45, 2.75) is 19.8 Å². The third-order valence-corrected chi connectivity index (χ3v) is 2.80. The van der Waals surface area contributed by atoms with Crippen LogP contribution in [0.25, 0.3) is 10.8 Å². The smallest absolute Gasteiger partial charge is 0.126 e. The van der Waals surface area contributed by atoms with Crippen LogP contribution in [0.3, 0.4) is 0 Å². The molecule has 0 atom stereocenters. The van der Waals surface area contributed by atoms with Crippen molar-refractivity contribution in [3.63, 3.8) is 0 Å². The van der Waals surface area contributed by atoms with E-state index in [9.17, 15) is 0 Å². The van der Waals surface area contributed by atoms with Crippen molar-refractivity contribution in [3.05, 3.63) is 36.4 Å². The van der Waals surface area contributed by atoms with Gasteiger partial charge in [0.1, 0.15) is 11.5 Å². The van der Waals surface area contributed by atoms with E-state index >= 15 is 0 Å². The van der Waals surface area contributed by atoms with Gasteiger partial charge in [-0.3, -0.25) is 0 Å². The maximum atomic E-state index is 5.70. The number of methoxy groups -OCH3 is 1. The van der Waals surface area contributed by atoms with Gasteiger partial charge in [0.05, 0.1) is 13.7 Å². The highest BCUT2D eigenvalue weighted by Gasteiger charge is 2.02. The van der Waals surface area contributed by atoms with Crippen LogP contribution < -0.4 is 9.47 Å². The average molecular weight is 230 g/mol. The molecule has 0 radical (unpaired) electrons. The Morgan fingerprint density at radius 3 is 2.76 bits per heavy atom. The van der Waals surface area contributed by atoms with Gasteiger partial charge in [-0.1, -0.05) is 31.5 Å². The Balaban J connectivity index is 2.28. The van der Waals surface area contributed by atoms with E-state index in [1.165, 1.54) is 5.39 Å². The van der Waals surface area contributed by atoms with Gasteiger partial charge in [0.2, 0.25) is 0 Å². The lowest BCUT2D eigenvalue weighted by molar-refractivity contribution is 0.309. The zero-order valence-corrected chi connectivity index (χ0v) is 10.4. The Labute approximate surface area is 102 Å². The van der Waals surface area contributed by atoms with Crippen molar-refractivity contribution in [1.82, 2.24) is 0 Å². The summed E-state index contributed by atoms with van der Waals surface area (Å²) in [5.74, 6) is 1.80. The Kier molecular flexibility index (Phi) is 3.86. The first kappa shape index (κ1) is 11.8. The Morgan fingerprint density at radius 2 is 2.00 bits per heavy atom. The molecular weight excluding hydrogens is 212 g/mol. The van der Waals surface area contributed by atoms with Crippen LogP contribution in [0.4, 0.5) is 0 Å². The summed E-state index contributed by atoms with van der Waals surface area (Å²) in [5, 5.41) is 2.27. The highest BCUT2D eigenvalue weighted by atomic mass is 16.5. The van der Waals surface area contributed by atoms with Gasteiger partial charge in [-0.05, 0) is 30.0 Å². The molecule has 0 N–H and O–H groups in total. The Morgan fingerprint density at radius 1 is 1.12 bits per heavy atom. The van der Waals surface area contributed by atoms with Crippen LogP contribution in [-0.4, -0.2) is 13.7 Å². The van der Waals surface area contributed by atoms with Crippen molar-refractivity contribution in [1.29, 1.82) is 0 Å². The van der Waals surface area contributed by atoms with E-state index in [0.717, 1.165) is 36.3 Å². The molecule has 0 aliphatic heterocycles. The fourth-order valence-corrected chi connectivity index (χ4v) is 1.83. The quantitative estimate of drug-likeness (QED) is 0.722. The monoisotopic (exact) mass is 230 g/mol. The first-order chi connectivity index (χ1) is 8.35. The van der Waals surface area contributed by atoms with Crippen molar-refractivity contribution >= 4 is 10.8 Å². The molecule has 0 amide bonds. The second-order valence-electron chi connectivity index (χ2n) is 4.05. The minimum absolute atomic E-state index is 0.775. The van der Waals surface area contributed by atoms with Gasteiger partial charge in [0.15, 0.2) is 0 Å². The van der Waals surface area contributed by atoms with Crippen LogP contribution in [0.2, 0.25) is 0 Å². The van der Waals surface area contributed by atoms with Crippen LogP contribution in [0.15, 0.2) is 36.4 Å². The summed E-state index contributed by atoms with van der Waals surface area (Å²) in [7, 11) is 1.69. The van der Waals surface area contributed by atoms with Crippen LogP contribution >= 0.6 is 0 Å². The summed E-state index contributed by atoms with van der Waals surface area (Å²) in [4.78, 5) is 0. The van der Waals surface area contributed by atoms with Gasteiger partial charge in [-0.15, -0.1) is 0 Å². The van der Waals surface area contributed by atoms with Crippen LogP contribution in [-0.2, 0) is 0 Å². The van der Waals surface area contributed by atoms with Gasteiger partial charge in [-0.2, -0.15) is 0 Å². The summed E-state index contributed by atoms with van der Waals surface area (Å²) in [6.07, 6.45) is 2.24. The van der Waals surface area contributed by atoms with E-state index in [1.807, 2.05) is 24.3 Å². The van der Waals surface area contributed by atoms with Crippen LogP contribution in [0.5, 0.6) is 11.5 Å². The van der Waals surface area contributed by atoms with Crippen LogP contribution in [0.1, 0.15) is 19.8 Å². The molecule has 0 saturated carbocycles. The molecule has 2 aromatic rings. The number of benzene rings is 2. The summed E-state index contributed by atoms with van der Waals surface area (Å²) in [6.45, 7) is 2.93. The molecule has 90 valence electrons. The van der Waals surface area contributed by atoms with Crippen molar-refractivity contribution in [2.75, 3.05) is 13.7 Å². The van der Waals surface area contributed by atoms with Gasteiger partial charge >= 0.3 is 0 Å². The van der Waals surface area contributed by atoms with E-state index in [4.69, 9.17) is 9.47 Å². The highest BCUT2D eigenvalue weighted by Crippen LogP contribution is 2.28. The number of ether oxygens (including phenoxy) is 2. The minimum atomic E-state index is 0.775. The molecule has 0 aliphatic carbocycles. The lowest BCUT2D eigenvalue weighted by atomic mass is 10.1. The lowest BCUT2D eigenvalue weighted by Crippen LogP contribution is -1.96. The first-order valence-corrected chi connectivity index (χ1v) is 6.04. The molecule has 17 heavy (non-hydrogen) atoms. The van der Waals surface area contributed by atoms with Crippen molar-refractivity contribution in [2.24, 2.45) is 0 Å². The third kappa shape index (κ3) is 2.70. The molecule has 0 saturated heterocycles. The normalized spacial score (nSPS) is 10.5. The summed E-state index contributed by atoms with van der Waals surface area (Å²) in [5.41, 5.74) is 0. The lowest BCUT2D eigenvalue weighted by Gasteiger charge is -2.09. The average Bonchev–Trinajstić information content (AvgIpc) is 2.38. The molecule has 2 rings (SSSR count). The molecule has 0 fully saturated rings. The first-order valence-electron chi connectivity index (χ1n) is 6.04. The largest absolute Gasteiger partial charge is 0.496 e. The van der Waals surface area contributed by atoms with E-state index in [-0.39, 0.29) is 0 Å². The Hall–Kier alpha value is -1.70. The molecule has 0 aromatic heterocycles. The van der Waals surface area contributed by atoms with E-state index in [2.05, 4.69) is 19.1 Å².